The second kappa shape index (κ2) is 4.53. The molecule has 13 heavy (non-hydrogen) atoms. The third kappa shape index (κ3) is 3.28. The fraction of sp³-hybridized carbons (Fsp3) is 0.500. The molecule has 1 aromatic heterocycles. The van der Waals surface area contributed by atoms with Crippen LogP contribution in [0, 0.1) is 0 Å². The SMILES string of the molecule is CC(C)NC(=S)N=c1sccn1C. The Morgan fingerprint density at radius 1 is 1.69 bits per heavy atom. The van der Waals surface area contributed by atoms with Gasteiger partial charge in [-0.2, -0.15) is 4.99 Å². The van der Waals surface area contributed by atoms with Crippen LogP contribution in [-0.4, -0.2) is 15.7 Å². The van der Waals surface area contributed by atoms with E-state index in [0.29, 0.717) is 11.2 Å². The predicted octanol–water partition coefficient (Wildman–Crippen LogP) is 1.27. The summed E-state index contributed by atoms with van der Waals surface area (Å²) in [5.74, 6) is 0. The topological polar surface area (TPSA) is 29.3 Å². The number of nitrogens with one attached hydrogen (secondary N) is 1. The molecule has 72 valence electrons. The molecule has 0 aliphatic rings. The molecule has 0 aliphatic heterocycles. The van der Waals surface area contributed by atoms with E-state index in [1.807, 2.05) is 37.0 Å². The van der Waals surface area contributed by atoms with Gasteiger partial charge >= 0.3 is 0 Å². The summed E-state index contributed by atoms with van der Waals surface area (Å²) in [7, 11) is 1.95. The number of nitrogens with zero attached hydrogens (tertiary/aromatic N) is 2. The molecule has 0 fully saturated rings. The van der Waals surface area contributed by atoms with Crippen LogP contribution in [0.25, 0.3) is 0 Å². The summed E-state index contributed by atoms with van der Waals surface area (Å²) < 4.78 is 1.94. The largest absolute Gasteiger partial charge is 0.359 e. The van der Waals surface area contributed by atoms with Crippen molar-refractivity contribution in [3.63, 3.8) is 0 Å². The van der Waals surface area contributed by atoms with Crippen molar-refractivity contribution in [2.45, 2.75) is 19.9 Å². The Balaban J connectivity index is 2.78. The van der Waals surface area contributed by atoms with Gasteiger partial charge in [0.05, 0.1) is 0 Å². The second-order valence-electron chi connectivity index (χ2n) is 3.01. The van der Waals surface area contributed by atoms with Crippen molar-refractivity contribution >= 4 is 28.7 Å². The predicted molar refractivity (Wildman–Crippen MR) is 59.7 cm³/mol. The highest BCUT2D eigenvalue weighted by atomic mass is 32.1. The lowest BCUT2D eigenvalue weighted by Crippen LogP contribution is -2.29. The molecule has 0 saturated heterocycles. The van der Waals surface area contributed by atoms with Crippen LogP contribution in [0.4, 0.5) is 0 Å². The highest BCUT2D eigenvalue weighted by Crippen LogP contribution is 1.87. The highest BCUT2D eigenvalue weighted by Gasteiger charge is 1.96. The molecule has 0 unspecified atom stereocenters. The van der Waals surface area contributed by atoms with Crippen molar-refractivity contribution in [2.24, 2.45) is 12.0 Å². The maximum atomic E-state index is 5.05. The Bertz CT molecular complexity index is 348. The maximum absolute atomic E-state index is 5.05. The van der Waals surface area contributed by atoms with Gasteiger partial charge in [0.1, 0.15) is 0 Å². The van der Waals surface area contributed by atoms with E-state index >= 15 is 0 Å². The Hall–Kier alpha value is -0.680. The molecule has 0 bridgehead atoms. The zero-order chi connectivity index (χ0) is 9.84. The first-order valence-corrected chi connectivity index (χ1v) is 5.33. The zero-order valence-corrected chi connectivity index (χ0v) is 9.58. The number of aromatic nitrogens is 1. The minimum atomic E-state index is 0.335. The Labute approximate surface area is 87.1 Å². The summed E-state index contributed by atoms with van der Waals surface area (Å²) in [6.07, 6.45) is 1.96. The van der Waals surface area contributed by atoms with Crippen LogP contribution in [0.5, 0.6) is 0 Å². The Morgan fingerprint density at radius 3 is 2.85 bits per heavy atom. The lowest BCUT2D eigenvalue weighted by Gasteiger charge is -2.05. The molecule has 5 heteroatoms. The quantitative estimate of drug-likeness (QED) is 0.715. The highest BCUT2D eigenvalue weighted by molar-refractivity contribution is 7.80. The third-order valence-electron chi connectivity index (χ3n) is 1.37. The van der Waals surface area contributed by atoms with E-state index in [0.717, 1.165) is 4.80 Å². The zero-order valence-electron chi connectivity index (χ0n) is 7.94. The number of hydrogen-bond donors (Lipinski definition) is 1. The number of hydrogen-bond acceptors (Lipinski definition) is 2. The number of aryl methyl sites for hydroxylation is 1. The van der Waals surface area contributed by atoms with E-state index in [4.69, 9.17) is 12.2 Å². The lowest BCUT2D eigenvalue weighted by atomic mass is 10.4. The van der Waals surface area contributed by atoms with Crippen molar-refractivity contribution in [1.82, 2.24) is 9.88 Å². The monoisotopic (exact) mass is 215 g/mol. The van der Waals surface area contributed by atoms with E-state index in [1.165, 1.54) is 0 Å². The van der Waals surface area contributed by atoms with Crippen molar-refractivity contribution in [3.8, 4) is 0 Å². The summed E-state index contributed by atoms with van der Waals surface area (Å²) in [6, 6.07) is 0.335. The fourth-order valence-corrected chi connectivity index (χ4v) is 1.92. The first kappa shape index (κ1) is 10.4. The minimum absolute atomic E-state index is 0.335. The number of thiocarbonyl (C=S) groups is 1. The van der Waals surface area contributed by atoms with Crippen LogP contribution in [0.1, 0.15) is 13.8 Å². The molecule has 0 spiro atoms. The molecule has 1 heterocycles. The maximum Gasteiger partial charge on any atom is 0.195 e. The van der Waals surface area contributed by atoms with Crippen LogP contribution < -0.4 is 10.1 Å². The van der Waals surface area contributed by atoms with Crippen LogP contribution in [0.3, 0.4) is 0 Å². The molecule has 0 saturated carbocycles. The smallest absolute Gasteiger partial charge is 0.195 e. The Morgan fingerprint density at radius 2 is 2.38 bits per heavy atom. The van der Waals surface area contributed by atoms with Crippen molar-refractivity contribution < 1.29 is 0 Å². The van der Waals surface area contributed by atoms with Gasteiger partial charge in [-0.25, -0.2) is 0 Å². The summed E-state index contributed by atoms with van der Waals surface area (Å²) in [5, 5.41) is 5.60. The summed E-state index contributed by atoms with van der Waals surface area (Å²) in [4.78, 5) is 5.18. The second-order valence-corrected chi connectivity index (χ2v) is 4.27. The van der Waals surface area contributed by atoms with Crippen LogP contribution in [-0.2, 0) is 7.05 Å². The molecule has 1 aromatic rings. The van der Waals surface area contributed by atoms with E-state index in [1.54, 1.807) is 11.3 Å². The molecular formula is C8H13N3S2. The first-order valence-electron chi connectivity index (χ1n) is 4.05. The average Bonchev–Trinajstić information content (AvgIpc) is 2.34. The molecule has 1 rings (SSSR count). The molecule has 1 N–H and O–H groups in total. The van der Waals surface area contributed by atoms with E-state index < -0.39 is 0 Å². The average molecular weight is 215 g/mol. The van der Waals surface area contributed by atoms with Crippen LogP contribution in [0.2, 0.25) is 0 Å². The van der Waals surface area contributed by atoms with E-state index in [-0.39, 0.29) is 0 Å². The van der Waals surface area contributed by atoms with Crippen LogP contribution in [0.15, 0.2) is 16.6 Å². The molecule has 3 nitrogen and oxygen atoms in total. The van der Waals surface area contributed by atoms with Crippen molar-refractivity contribution in [2.75, 3.05) is 0 Å². The van der Waals surface area contributed by atoms with Gasteiger partial charge in [-0.1, -0.05) is 0 Å². The van der Waals surface area contributed by atoms with Gasteiger partial charge in [-0.05, 0) is 26.1 Å². The van der Waals surface area contributed by atoms with E-state index in [2.05, 4.69) is 10.3 Å². The molecule has 0 amide bonds. The third-order valence-corrected chi connectivity index (χ3v) is 2.43. The van der Waals surface area contributed by atoms with Gasteiger partial charge < -0.3 is 9.88 Å². The molecule has 0 atom stereocenters. The molecule has 0 radical (unpaired) electrons. The molecular weight excluding hydrogens is 202 g/mol. The van der Waals surface area contributed by atoms with Crippen molar-refractivity contribution in [3.05, 3.63) is 16.4 Å². The van der Waals surface area contributed by atoms with Gasteiger partial charge in [-0.3, -0.25) is 0 Å². The van der Waals surface area contributed by atoms with Gasteiger partial charge in [0.25, 0.3) is 0 Å². The molecule has 0 aromatic carbocycles. The fourth-order valence-electron chi connectivity index (χ4n) is 0.801. The number of thiazole rings is 1. The first-order chi connectivity index (χ1) is 6.09. The summed E-state index contributed by atoms with van der Waals surface area (Å²) >= 11 is 6.63. The van der Waals surface area contributed by atoms with Gasteiger partial charge in [0.15, 0.2) is 9.91 Å². The normalized spacial score (nSPS) is 12.2. The summed E-state index contributed by atoms with van der Waals surface area (Å²) in [5.41, 5.74) is 0. The minimum Gasteiger partial charge on any atom is -0.359 e. The van der Waals surface area contributed by atoms with Gasteiger partial charge in [0, 0.05) is 24.7 Å². The van der Waals surface area contributed by atoms with Gasteiger partial charge in [-0.15, -0.1) is 11.3 Å². The standard InChI is InChI=1S/C8H13N3S2/c1-6(2)9-7(12)10-8-11(3)4-5-13-8/h4-6H,1-3H3,(H,9,12). The Kier molecular flexibility index (Phi) is 3.62. The number of rotatable bonds is 1. The van der Waals surface area contributed by atoms with Crippen LogP contribution >= 0.6 is 23.6 Å². The summed E-state index contributed by atoms with van der Waals surface area (Å²) in [6.45, 7) is 4.08. The van der Waals surface area contributed by atoms with Gasteiger partial charge in [0.2, 0.25) is 0 Å². The van der Waals surface area contributed by atoms with E-state index in [9.17, 15) is 0 Å². The molecule has 0 aliphatic carbocycles. The van der Waals surface area contributed by atoms with Crippen molar-refractivity contribution in [1.29, 1.82) is 0 Å². The lowest BCUT2D eigenvalue weighted by molar-refractivity contribution is 0.733.